The van der Waals surface area contributed by atoms with Gasteiger partial charge in [-0.1, -0.05) is 30.1 Å². The third kappa shape index (κ3) is 3.10. The molecule has 1 aromatic rings. The van der Waals surface area contributed by atoms with E-state index in [1.54, 1.807) is 13.1 Å². The fraction of sp³-hybridized carbons (Fsp3) is 0.538. The lowest BCUT2D eigenvalue weighted by Gasteiger charge is -2.14. The van der Waals surface area contributed by atoms with Crippen LogP contribution in [-0.4, -0.2) is 26.5 Å². The lowest BCUT2D eigenvalue weighted by atomic mass is 10.00. The van der Waals surface area contributed by atoms with Gasteiger partial charge in [0, 0.05) is 12.6 Å². The van der Waals surface area contributed by atoms with Gasteiger partial charge in [-0.2, -0.15) is 0 Å². The van der Waals surface area contributed by atoms with E-state index in [9.17, 15) is 4.79 Å². The van der Waals surface area contributed by atoms with Crippen LogP contribution in [-0.2, 0) is 16.1 Å². The van der Waals surface area contributed by atoms with Crippen LogP contribution in [0.5, 0.6) is 0 Å². The van der Waals surface area contributed by atoms with Gasteiger partial charge in [-0.25, -0.2) is 9.97 Å². The van der Waals surface area contributed by atoms with Crippen molar-refractivity contribution in [1.82, 2.24) is 9.97 Å². The minimum atomic E-state index is -1.15. The van der Waals surface area contributed by atoms with Crippen LogP contribution in [0, 0.1) is 0 Å². The Morgan fingerprint density at radius 2 is 2.30 bits per heavy atom. The van der Waals surface area contributed by atoms with Gasteiger partial charge in [0.2, 0.25) is 5.60 Å². The summed E-state index contributed by atoms with van der Waals surface area (Å²) in [5.41, 5.74) is 0.619. The fourth-order valence-corrected chi connectivity index (χ4v) is 2.21. The molecule has 7 heteroatoms. The van der Waals surface area contributed by atoms with E-state index in [4.69, 9.17) is 28.0 Å². The summed E-state index contributed by atoms with van der Waals surface area (Å²) in [6.45, 7) is 3.69. The Morgan fingerprint density at radius 1 is 1.55 bits per heavy atom. The largest absolute Gasteiger partial charge is 0.379 e. The normalized spacial score (nSPS) is 21.5. The molecule has 0 bridgehead atoms. The first-order valence-corrected chi connectivity index (χ1v) is 7.18. The topological polar surface area (TPSA) is 64.4 Å². The van der Waals surface area contributed by atoms with Crippen LogP contribution < -0.4 is 0 Å². The maximum absolute atomic E-state index is 11.3. The Hall–Kier alpha value is -1.20. The fourth-order valence-electron chi connectivity index (χ4n) is 1.84. The van der Waals surface area contributed by atoms with Gasteiger partial charge in [0.15, 0.2) is 5.15 Å². The maximum atomic E-state index is 11.3. The van der Waals surface area contributed by atoms with Crippen molar-refractivity contribution in [2.24, 2.45) is 5.16 Å². The van der Waals surface area contributed by atoms with Crippen LogP contribution in [0.15, 0.2) is 11.4 Å². The van der Waals surface area contributed by atoms with Gasteiger partial charge < -0.3 is 4.84 Å². The van der Waals surface area contributed by atoms with Crippen LogP contribution in [0.4, 0.5) is 0 Å². The molecule has 0 fully saturated rings. The highest BCUT2D eigenvalue weighted by molar-refractivity contribution is 6.65. The molecule has 1 unspecified atom stereocenters. The number of unbranched alkanes of at least 4 members (excludes halogenated alkanes) is 1. The second kappa shape index (κ2) is 6.06. The molecule has 1 aliphatic heterocycles. The predicted octanol–water partition coefficient (Wildman–Crippen LogP) is 3.12. The summed E-state index contributed by atoms with van der Waals surface area (Å²) in [6, 6.07) is 0. The van der Waals surface area contributed by atoms with E-state index in [-0.39, 0.29) is 11.6 Å². The zero-order valence-corrected chi connectivity index (χ0v) is 12.8. The molecule has 20 heavy (non-hydrogen) atoms. The number of rotatable bonds is 5. The van der Waals surface area contributed by atoms with Crippen LogP contribution in [0.1, 0.15) is 44.5 Å². The first-order valence-electron chi connectivity index (χ1n) is 6.43. The number of aromatic nitrogens is 2. The number of hydrogen-bond donors (Lipinski definition) is 0. The van der Waals surface area contributed by atoms with E-state index in [0.717, 1.165) is 25.0 Å². The molecule has 1 atom stereocenters. The zero-order valence-electron chi connectivity index (χ0n) is 11.3. The van der Waals surface area contributed by atoms with Gasteiger partial charge in [-0.3, -0.25) is 4.79 Å². The molecule has 5 nitrogen and oxygen atoms in total. The molecule has 0 aliphatic carbocycles. The van der Waals surface area contributed by atoms with E-state index in [2.05, 4.69) is 22.0 Å². The highest BCUT2D eigenvalue weighted by atomic mass is 35.5. The number of hydrogen-bond acceptors (Lipinski definition) is 5. The quantitative estimate of drug-likeness (QED) is 0.783. The van der Waals surface area contributed by atoms with Crippen molar-refractivity contribution in [2.75, 3.05) is 0 Å². The van der Waals surface area contributed by atoms with Gasteiger partial charge in [-0.05, 0) is 31.4 Å². The van der Waals surface area contributed by atoms with Gasteiger partial charge in [-0.15, -0.1) is 0 Å². The van der Waals surface area contributed by atoms with Crippen LogP contribution in [0.25, 0.3) is 0 Å². The second-order valence-electron chi connectivity index (χ2n) is 4.91. The van der Waals surface area contributed by atoms with E-state index in [1.165, 1.54) is 0 Å². The highest BCUT2D eigenvalue weighted by Crippen LogP contribution is 2.29. The van der Waals surface area contributed by atoms with Crippen LogP contribution in [0.2, 0.25) is 5.15 Å². The van der Waals surface area contributed by atoms with Gasteiger partial charge >= 0.3 is 0 Å². The molecule has 2 heterocycles. The molecule has 2 rings (SSSR count). The molecule has 0 N–H and O–H groups in total. The first kappa shape index (κ1) is 15.2. The summed E-state index contributed by atoms with van der Waals surface area (Å²) in [5, 5.41) is 3.53. The summed E-state index contributed by atoms with van der Waals surface area (Å²) < 4.78 is 0. The first-order chi connectivity index (χ1) is 9.46. The molecule has 0 radical (unpaired) electrons. The number of halogens is 2. The molecule has 0 amide bonds. The Morgan fingerprint density at radius 3 is 2.85 bits per heavy atom. The monoisotopic (exact) mass is 315 g/mol. The minimum absolute atomic E-state index is 0.234. The lowest BCUT2D eigenvalue weighted by Crippen LogP contribution is -2.32. The van der Waals surface area contributed by atoms with Crippen molar-refractivity contribution >= 4 is 34.2 Å². The molecule has 0 saturated carbocycles. The van der Waals surface area contributed by atoms with Crippen LogP contribution in [0.3, 0.4) is 0 Å². The van der Waals surface area contributed by atoms with Crippen molar-refractivity contribution in [3.8, 4) is 0 Å². The van der Waals surface area contributed by atoms with E-state index in [0.29, 0.717) is 11.4 Å². The number of aryl methyl sites for hydroxylation is 1. The zero-order chi connectivity index (χ0) is 14.8. The SMILES string of the molecule is CCCCc1cnc(C2=NOC(C)(C(=O)Cl)C2)c(Cl)n1. The standard InChI is InChI=1S/C13H15Cl2N3O2/c1-3-4-5-8-7-16-10(11(14)17-8)9-6-13(2,12(15)19)20-18-9/h7H,3-6H2,1-2H3. The summed E-state index contributed by atoms with van der Waals surface area (Å²) >= 11 is 11.6. The molecule has 108 valence electrons. The van der Waals surface area contributed by atoms with Crippen LogP contribution >= 0.6 is 23.2 Å². The molecule has 0 spiro atoms. The molecule has 0 aromatic carbocycles. The Balaban J connectivity index is 2.17. The van der Waals surface area contributed by atoms with Crippen molar-refractivity contribution in [1.29, 1.82) is 0 Å². The summed E-state index contributed by atoms with van der Waals surface area (Å²) in [6.07, 6.45) is 4.87. The Labute approximate surface area is 127 Å². The molecular weight excluding hydrogens is 301 g/mol. The minimum Gasteiger partial charge on any atom is -0.379 e. The van der Waals surface area contributed by atoms with Gasteiger partial charge in [0.25, 0.3) is 5.24 Å². The lowest BCUT2D eigenvalue weighted by molar-refractivity contribution is -0.130. The number of carbonyl (C=O) groups is 1. The van der Waals surface area contributed by atoms with Crippen molar-refractivity contribution in [2.45, 2.75) is 45.1 Å². The third-order valence-electron chi connectivity index (χ3n) is 3.12. The highest BCUT2D eigenvalue weighted by Gasteiger charge is 2.42. The average molecular weight is 316 g/mol. The van der Waals surface area contributed by atoms with E-state index in [1.807, 2.05) is 0 Å². The van der Waals surface area contributed by atoms with E-state index < -0.39 is 10.8 Å². The summed E-state index contributed by atoms with van der Waals surface area (Å²) in [5.74, 6) is 0. The average Bonchev–Trinajstić information content (AvgIpc) is 2.80. The third-order valence-corrected chi connectivity index (χ3v) is 3.78. The number of carbonyl (C=O) groups excluding carboxylic acids is 1. The summed E-state index contributed by atoms with van der Waals surface area (Å²) in [4.78, 5) is 25.0. The van der Waals surface area contributed by atoms with Crippen molar-refractivity contribution < 1.29 is 9.63 Å². The Kier molecular flexibility index (Phi) is 4.60. The molecule has 1 aromatic heterocycles. The van der Waals surface area contributed by atoms with Crippen molar-refractivity contribution in [3.63, 3.8) is 0 Å². The van der Waals surface area contributed by atoms with Gasteiger partial charge in [0.1, 0.15) is 11.4 Å². The maximum Gasteiger partial charge on any atom is 0.268 e. The predicted molar refractivity (Wildman–Crippen MR) is 77.2 cm³/mol. The second-order valence-corrected chi connectivity index (χ2v) is 5.62. The van der Waals surface area contributed by atoms with Crippen molar-refractivity contribution in [3.05, 3.63) is 22.7 Å². The molecule has 0 saturated heterocycles. The summed E-state index contributed by atoms with van der Waals surface area (Å²) in [7, 11) is 0. The van der Waals surface area contributed by atoms with Gasteiger partial charge in [0.05, 0.1) is 5.69 Å². The van der Waals surface area contributed by atoms with E-state index >= 15 is 0 Å². The molecule has 1 aliphatic rings. The molecular formula is C13H15Cl2N3O2. The number of oxime groups is 1. The smallest absolute Gasteiger partial charge is 0.268 e. The Bertz CT molecular complexity index is 563. The number of nitrogens with zero attached hydrogens (tertiary/aromatic N) is 3.